The number of anilines is 1. The van der Waals surface area contributed by atoms with Crippen molar-refractivity contribution >= 4 is 11.7 Å². The van der Waals surface area contributed by atoms with Gasteiger partial charge in [0.05, 0.1) is 24.9 Å². The molecule has 138 valence electrons. The second-order valence-electron chi connectivity index (χ2n) is 6.42. The second-order valence-corrected chi connectivity index (χ2v) is 6.42. The Morgan fingerprint density at radius 2 is 2.04 bits per heavy atom. The molecule has 0 radical (unpaired) electrons. The summed E-state index contributed by atoms with van der Waals surface area (Å²) >= 11 is 0. The number of nitrogens with zero attached hydrogens (tertiary/aromatic N) is 3. The van der Waals surface area contributed by atoms with Crippen molar-refractivity contribution in [3.05, 3.63) is 47.8 Å². The maximum Gasteiger partial charge on any atom is 0.253 e. The van der Waals surface area contributed by atoms with Gasteiger partial charge < -0.3 is 19.7 Å². The van der Waals surface area contributed by atoms with E-state index in [2.05, 4.69) is 34.0 Å². The number of carbonyl (C=O) groups excluding carboxylic acids is 1. The maximum atomic E-state index is 12.4. The lowest BCUT2D eigenvalue weighted by molar-refractivity contribution is -0.00546. The highest BCUT2D eigenvalue weighted by Crippen LogP contribution is 2.18. The zero-order chi connectivity index (χ0) is 18.5. The maximum absolute atomic E-state index is 12.4. The SMILES string of the molecule is COc1ncccc1CNC(=O)c1ccc(N2C[C@@H](C)O[C@H](C)C2)nc1. The minimum atomic E-state index is -0.182. The number of ether oxygens (including phenoxy) is 2. The summed E-state index contributed by atoms with van der Waals surface area (Å²) in [5.74, 6) is 1.19. The molecule has 3 rings (SSSR count). The fraction of sp³-hybridized carbons (Fsp3) is 0.421. The van der Waals surface area contributed by atoms with Crippen molar-refractivity contribution in [2.24, 2.45) is 0 Å². The topological polar surface area (TPSA) is 76.6 Å². The fourth-order valence-corrected chi connectivity index (χ4v) is 3.09. The summed E-state index contributed by atoms with van der Waals surface area (Å²) in [5, 5.41) is 2.87. The average molecular weight is 356 g/mol. The highest BCUT2D eigenvalue weighted by atomic mass is 16.5. The molecule has 1 amide bonds. The third-order valence-electron chi connectivity index (χ3n) is 4.24. The van der Waals surface area contributed by atoms with E-state index < -0.39 is 0 Å². The van der Waals surface area contributed by atoms with Gasteiger partial charge in [0.2, 0.25) is 5.88 Å². The van der Waals surface area contributed by atoms with E-state index in [-0.39, 0.29) is 18.1 Å². The number of morpholine rings is 1. The third-order valence-corrected chi connectivity index (χ3v) is 4.24. The van der Waals surface area contributed by atoms with Crippen LogP contribution in [-0.2, 0) is 11.3 Å². The molecule has 1 saturated heterocycles. The molecule has 0 bridgehead atoms. The Kier molecular flexibility index (Phi) is 5.68. The molecule has 2 aromatic rings. The Morgan fingerprint density at radius 1 is 1.27 bits per heavy atom. The first-order chi connectivity index (χ1) is 12.6. The molecule has 0 spiro atoms. The largest absolute Gasteiger partial charge is 0.481 e. The molecular formula is C19H24N4O3. The minimum Gasteiger partial charge on any atom is -0.481 e. The van der Waals surface area contributed by atoms with Crippen molar-refractivity contribution in [2.75, 3.05) is 25.1 Å². The zero-order valence-corrected chi connectivity index (χ0v) is 15.3. The van der Waals surface area contributed by atoms with Crippen LogP contribution in [0.25, 0.3) is 0 Å². The standard InChI is InChI=1S/C19H24N4O3/c1-13-11-23(12-14(2)26-13)17-7-6-15(9-21-17)18(24)22-10-16-5-4-8-20-19(16)25-3/h4-9,13-14H,10-12H2,1-3H3,(H,22,24)/t13-,14-/m1/s1. The summed E-state index contributed by atoms with van der Waals surface area (Å²) in [6, 6.07) is 7.35. The summed E-state index contributed by atoms with van der Waals surface area (Å²) < 4.78 is 10.9. The van der Waals surface area contributed by atoms with E-state index in [9.17, 15) is 4.79 Å². The number of aromatic nitrogens is 2. The van der Waals surface area contributed by atoms with Gasteiger partial charge >= 0.3 is 0 Å². The number of rotatable bonds is 5. The molecule has 1 N–H and O–H groups in total. The van der Waals surface area contributed by atoms with Crippen LogP contribution in [-0.4, -0.2) is 48.3 Å². The van der Waals surface area contributed by atoms with Crippen LogP contribution in [0.5, 0.6) is 5.88 Å². The first kappa shape index (κ1) is 18.1. The summed E-state index contributed by atoms with van der Waals surface area (Å²) in [5.41, 5.74) is 1.34. The van der Waals surface area contributed by atoms with E-state index in [1.807, 2.05) is 18.2 Å². The molecule has 1 aliphatic rings. The zero-order valence-electron chi connectivity index (χ0n) is 15.3. The first-order valence-electron chi connectivity index (χ1n) is 8.69. The van der Waals surface area contributed by atoms with Crippen LogP contribution < -0.4 is 15.0 Å². The van der Waals surface area contributed by atoms with Crippen molar-refractivity contribution in [1.29, 1.82) is 0 Å². The normalized spacial score (nSPS) is 19.9. The van der Waals surface area contributed by atoms with Crippen LogP contribution >= 0.6 is 0 Å². The minimum absolute atomic E-state index is 0.165. The smallest absolute Gasteiger partial charge is 0.253 e. The molecule has 1 aliphatic heterocycles. The Bertz CT molecular complexity index is 741. The first-order valence-corrected chi connectivity index (χ1v) is 8.69. The van der Waals surface area contributed by atoms with E-state index in [0.717, 1.165) is 24.5 Å². The van der Waals surface area contributed by atoms with Gasteiger partial charge in [-0.1, -0.05) is 6.07 Å². The highest BCUT2D eigenvalue weighted by molar-refractivity contribution is 5.94. The van der Waals surface area contributed by atoms with Gasteiger partial charge in [0.1, 0.15) is 5.82 Å². The Labute approximate surface area is 153 Å². The van der Waals surface area contributed by atoms with Crippen molar-refractivity contribution in [2.45, 2.75) is 32.6 Å². The van der Waals surface area contributed by atoms with Gasteiger partial charge in [-0.3, -0.25) is 4.79 Å². The van der Waals surface area contributed by atoms with Crippen molar-refractivity contribution in [1.82, 2.24) is 15.3 Å². The highest BCUT2D eigenvalue weighted by Gasteiger charge is 2.23. The molecule has 26 heavy (non-hydrogen) atoms. The lowest BCUT2D eigenvalue weighted by Gasteiger charge is -2.36. The number of amides is 1. The van der Waals surface area contributed by atoms with Crippen LogP contribution in [0.15, 0.2) is 36.7 Å². The number of hydrogen-bond donors (Lipinski definition) is 1. The van der Waals surface area contributed by atoms with Crippen LogP contribution in [0.3, 0.4) is 0 Å². The number of nitrogens with one attached hydrogen (secondary N) is 1. The van der Waals surface area contributed by atoms with Crippen molar-refractivity contribution < 1.29 is 14.3 Å². The fourth-order valence-electron chi connectivity index (χ4n) is 3.09. The van der Waals surface area contributed by atoms with E-state index >= 15 is 0 Å². The number of carbonyl (C=O) groups is 1. The van der Waals surface area contributed by atoms with Gasteiger partial charge in [0.15, 0.2) is 0 Å². The molecule has 2 aromatic heterocycles. The van der Waals surface area contributed by atoms with Gasteiger partial charge in [-0.15, -0.1) is 0 Å². The summed E-state index contributed by atoms with van der Waals surface area (Å²) in [4.78, 5) is 23.1. The van der Waals surface area contributed by atoms with Crippen LogP contribution in [0.2, 0.25) is 0 Å². The Balaban J connectivity index is 1.62. The van der Waals surface area contributed by atoms with Gasteiger partial charge in [0, 0.05) is 37.6 Å². The van der Waals surface area contributed by atoms with E-state index in [1.165, 1.54) is 0 Å². The number of methoxy groups -OCH3 is 1. The van der Waals surface area contributed by atoms with E-state index in [0.29, 0.717) is 18.0 Å². The molecular weight excluding hydrogens is 332 g/mol. The molecule has 2 atom stereocenters. The molecule has 0 unspecified atom stereocenters. The molecule has 7 nitrogen and oxygen atoms in total. The second kappa shape index (κ2) is 8.14. The van der Waals surface area contributed by atoms with Crippen molar-refractivity contribution in [3.8, 4) is 5.88 Å². The molecule has 7 heteroatoms. The van der Waals surface area contributed by atoms with Gasteiger partial charge in [-0.2, -0.15) is 0 Å². The average Bonchev–Trinajstić information content (AvgIpc) is 2.65. The molecule has 0 saturated carbocycles. The summed E-state index contributed by atoms with van der Waals surface area (Å²) in [7, 11) is 1.56. The molecule has 3 heterocycles. The number of hydrogen-bond acceptors (Lipinski definition) is 6. The van der Waals surface area contributed by atoms with Crippen LogP contribution in [0, 0.1) is 0 Å². The van der Waals surface area contributed by atoms with Crippen LogP contribution in [0.4, 0.5) is 5.82 Å². The summed E-state index contributed by atoms with van der Waals surface area (Å²) in [6.45, 7) is 6.04. The predicted molar refractivity (Wildman–Crippen MR) is 98.4 cm³/mol. The summed E-state index contributed by atoms with van der Waals surface area (Å²) in [6.07, 6.45) is 3.59. The third kappa shape index (κ3) is 4.29. The van der Waals surface area contributed by atoms with Gasteiger partial charge in [-0.25, -0.2) is 9.97 Å². The van der Waals surface area contributed by atoms with E-state index in [4.69, 9.17) is 9.47 Å². The lowest BCUT2D eigenvalue weighted by Crippen LogP contribution is -2.45. The van der Waals surface area contributed by atoms with E-state index in [1.54, 1.807) is 25.6 Å². The monoisotopic (exact) mass is 356 g/mol. The predicted octanol–water partition coefficient (Wildman–Crippen LogP) is 2.03. The van der Waals surface area contributed by atoms with Gasteiger partial charge in [-0.05, 0) is 32.0 Å². The number of pyridine rings is 2. The van der Waals surface area contributed by atoms with Gasteiger partial charge in [0.25, 0.3) is 5.91 Å². The lowest BCUT2D eigenvalue weighted by atomic mass is 10.2. The van der Waals surface area contributed by atoms with Crippen LogP contribution in [0.1, 0.15) is 29.8 Å². The quantitative estimate of drug-likeness (QED) is 0.883. The molecule has 1 fully saturated rings. The molecule has 0 aromatic carbocycles. The Hall–Kier alpha value is -2.67. The van der Waals surface area contributed by atoms with Crippen molar-refractivity contribution in [3.63, 3.8) is 0 Å². The molecule has 0 aliphatic carbocycles. The Morgan fingerprint density at radius 3 is 2.69 bits per heavy atom.